The van der Waals surface area contributed by atoms with Gasteiger partial charge in [0.05, 0.1) is 16.9 Å². The Balaban J connectivity index is 1.83. The summed E-state index contributed by atoms with van der Waals surface area (Å²) < 4.78 is 13.4. The van der Waals surface area contributed by atoms with Crippen LogP contribution in [0.4, 0.5) is 4.39 Å². The van der Waals surface area contributed by atoms with Crippen molar-refractivity contribution in [3.05, 3.63) is 68.0 Å². The third kappa shape index (κ3) is 3.95. The summed E-state index contributed by atoms with van der Waals surface area (Å²) in [6, 6.07) is 2.90. The van der Waals surface area contributed by atoms with Crippen molar-refractivity contribution in [1.82, 2.24) is 20.3 Å². The zero-order valence-electron chi connectivity index (χ0n) is 14.1. The van der Waals surface area contributed by atoms with E-state index < -0.39 is 17.3 Å². The zero-order valence-corrected chi connectivity index (χ0v) is 14.8. The van der Waals surface area contributed by atoms with Crippen molar-refractivity contribution in [2.75, 3.05) is 0 Å². The molecule has 0 aromatic carbocycles. The van der Waals surface area contributed by atoms with Crippen LogP contribution in [0, 0.1) is 5.82 Å². The van der Waals surface area contributed by atoms with Gasteiger partial charge in [-0.15, -0.1) is 0 Å². The highest BCUT2D eigenvalue weighted by Gasteiger charge is 2.09. The minimum atomic E-state index is -0.653. The predicted octanol–water partition coefficient (Wildman–Crippen LogP) is 0.294. The molecule has 138 valence electrons. The third-order valence-corrected chi connectivity index (χ3v) is 4.24. The van der Waals surface area contributed by atoms with Crippen LogP contribution in [0.25, 0.3) is 23.3 Å². The van der Waals surface area contributed by atoms with Crippen molar-refractivity contribution in [2.45, 2.75) is 12.8 Å². The Bertz CT molecular complexity index is 1210. The first-order valence-electron chi connectivity index (χ1n) is 7.91. The normalized spacial score (nSPS) is 12.1. The van der Waals surface area contributed by atoms with Crippen molar-refractivity contribution in [2.24, 2.45) is 5.73 Å². The van der Waals surface area contributed by atoms with E-state index in [-0.39, 0.29) is 29.0 Å². The number of carbonyl (C=O) groups excluding carboxylic acids is 1. The standard InChI is InChI=1S/C18H15ClFN5O2/c1-9-11-4-5-22-8-13(11)24-18(27)15(9)17(21)25-14(26)3-2-10-6-12(20)16(19)23-7-10/h4-8H,1-3,21H2,(H,24,27)(H,25,26)/b17-15-. The van der Waals surface area contributed by atoms with Crippen LogP contribution in [0.5, 0.6) is 0 Å². The van der Waals surface area contributed by atoms with Crippen LogP contribution in [-0.4, -0.2) is 20.9 Å². The van der Waals surface area contributed by atoms with Gasteiger partial charge in [0.25, 0.3) is 5.56 Å². The summed E-state index contributed by atoms with van der Waals surface area (Å²) in [6.45, 7) is 3.89. The number of rotatable bonds is 4. The van der Waals surface area contributed by atoms with Gasteiger partial charge in [0, 0.05) is 24.2 Å². The smallest absolute Gasteiger partial charge is 0.260 e. The Hall–Kier alpha value is -3.26. The van der Waals surface area contributed by atoms with E-state index in [0.717, 1.165) is 0 Å². The van der Waals surface area contributed by atoms with E-state index in [1.807, 2.05) is 0 Å². The lowest BCUT2D eigenvalue weighted by Gasteiger charge is -2.07. The molecular formula is C18H15ClFN5O2. The molecule has 1 amide bonds. The fraction of sp³-hybridized carbons (Fsp3) is 0.111. The lowest BCUT2D eigenvalue weighted by molar-refractivity contribution is -0.119. The Morgan fingerprint density at radius 2 is 2.19 bits per heavy atom. The minimum Gasteiger partial charge on any atom is -0.385 e. The Labute approximate surface area is 157 Å². The molecule has 0 spiro atoms. The zero-order chi connectivity index (χ0) is 19.6. The van der Waals surface area contributed by atoms with Gasteiger partial charge >= 0.3 is 0 Å². The molecule has 0 unspecified atom stereocenters. The SMILES string of the molecule is C=c1/c(=C(\N)NC(=O)CCc2cnc(Cl)c(F)c2)c(=O)[nH]c2cnccc12. The fourth-order valence-electron chi connectivity index (χ4n) is 2.63. The molecule has 3 rings (SSSR count). The first-order valence-corrected chi connectivity index (χ1v) is 8.29. The minimum absolute atomic E-state index is 0.0192. The van der Waals surface area contributed by atoms with Crippen LogP contribution in [0.15, 0.2) is 35.5 Å². The second-order valence-electron chi connectivity index (χ2n) is 5.81. The van der Waals surface area contributed by atoms with Crippen LogP contribution >= 0.6 is 11.6 Å². The number of nitrogens with zero attached hydrogens (tertiary/aromatic N) is 2. The number of amides is 1. The van der Waals surface area contributed by atoms with Crippen LogP contribution in [0.3, 0.4) is 0 Å². The predicted molar refractivity (Wildman–Crippen MR) is 100 cm³/mol. The average molecular weight is 388 g/mol. The summed E-state index contributed by atoms with van der Waals surface area (Å²) in [5.74, 6) is -1.19. The van der Waals surface area contributed by atoms with Gasteiger partial charge in [0.1, 0.15) is 5.82 Å². The molecule has 0 saturated heterocycles. The molecule has 0 fully saturated rings. The quantitative estimate of drug-likeness (QED) is 0.557. The number of hydrogen-bond acceptors (Lipinski definition) is 5. The van der Waals surface area contributed by atoms with Crippen molar-refractivity contribution in [3.63, 3.8) is 0 Å². The average Bonchev–Trinajstić information content (AvgIpc) is 2.62. The Morgan fingerprint density at radius 3 is 2.93 bits per heavy atom. The van der Waals surface area contributed by atoms with Gasteiger partial charge in [0.15, 0.2) is 11.0 Å². The van der Waals surface area contributed by atoms with E-state index in [2.05, 4.69) is 26.8 Å². The summed E-state index contributed by atoms with van der Waals surface area (Å²) in [4.78, 5) is 34.7. The summed E-state index contributed by atoms with van der Waals surface area (Å²) >= 11 is 5.52. The largest absolute Gasteiger partial charge is 0.385 e. The Morgan fingerprint density at radius 1 is 1.41 bits per heavy atom. The number of aryl methyl sites for hydroxylation is 1. The lowest BCUT2D eigenvalue weighted by atomic mass is 10.1. The van der Waals surface area contributed by atoms with Crippen LogP contribution in [0.1, 0.15) is 12.0 Å². The van der Waals surface area contributed by atoms with Gasteiger partial charge in [-0.3, -0.25) is 14.6 Å². The van der Waals surface area contributed by atoms with Gasteiger partial charge in [-0.05, 0) is 29.3 Å². The molecule has 0 radical (unpaired) electrons. The maximum absolute atomic E-state index is 13.4. The first-order chi connectivity index (χ1) is 12.9. The number of carbonyl (C=O) groups is 1. The lowest BCUT2D eigenvalue weighted by Crippen LogP contribution is -2.47. The van der Waals surface area contributed by atoms with E-state index in [4.69, 9.17) is 17.3 Å². The van der Waals surface area contributed by atoms with E-state index >= 15 is 0 Å². The number of hydrogen-bond donors (Lipinski definition) is 3. The van der Waals surface area contributed by atoms with Crippen molar-refractivity contribution < 1.29 is 9.18 Å². The number of nitrogens with one attached hydrogen (secondary N) is 2. The van der Waals surface area contributed by atoms with E-state index in [1.54, 1.807) is 12.3 Å². The summed E-state index contributed by atoms with van der Waals surface area (Å²) in [5.41, 5.74) is 6.47. The highest BCUT2D eigenvalue weighted by atomic mass is 35.5. The summed E-state index contributed by atoms with van der Waals surface area (Å²) in [5, 5.41) is 3.39. The summed E-state index contributed by atoms with van der Waals surface area (Å²) in [7, 11) is 0. The molecule has 0 saturated carbocycles. The number of fused-ring (bicyclic) bond motifs is 1. The van der Waals surface area contributed by atoms with Crippen LogP contribution < -0.4 is 27.0 Å². The molecule has 0 bridgehead atoms. The van der Waals surface area contributed by atoms with Gasteiger partial charge in [-0.1, -0.05) is 18.2 Å². The summed E-state index contributed by atoms with van der Waals surface area (Å²) in [6.07, 6.45) is 4.71. The molecule has 7 nitrogen and oxygen atoms in total. The molecule has 3 heterocycles. The molecule has 27 heavy (non-hydrogen) atoms. The number of pyridine rings is 3. The van der Waals surface area contributed by atoms with E-state index in [9.17, 15) is 14.0 Å². The van der Waals surface area contributed by atoms with Crippen LogP contribution in [-0.2, 0) is 11.2 Å². The number of aromatic nitrogens is 3. The molecule has 0 aliphatic rings. The maximum atomic E-state index is 13.4. The highest BCUT2D eigenvalue weighted by Crippen LogP contribution is 2.13. The fourth-order valence-corrected chi connectivity index (χ4v) is 2.73. The molecule has 0 aliphatic heterocycles. The highest BCUT2D eigenvalue weighted by molar-refractivity contribution is 6.29. The molecule has 3 aromatic heterocycles. The molecular weight excluding hydrogens is 373 g/mol. The number of halogens is 2. The van der Waals surface area contributed by atoms with Crippen molar-refractivity contribution in [1.29, 1.82) is 0 Å². The molecule has 0 aliphatic carbocycles. The van der Waals surface area contributed by atoms with E-state index in [0.29, 0.717) is 21.7 Å². The third-order valence-electron chi connectivity index (χ3n) is 3.96. The Kier molecular flexibility index (Phi) is 5.18. The molecule has 4 N–H and O–H groups in total. The maximum Gasteiger partial charge on any atom is 0.260 e. The monoisotopic (exact) mass is 387 g/mol. The van der Waals surface area contributed by atoms with Gasteiger partial charge in [-0.25, -0.2) is 9.37 Å². The second-order valence-corrected chi connectivity index (χ2v) is 6.16. The number of H-pyrrole nitrogens is 1. The van der Waals surface area contributed by atoms with Crippen molar-refractivity contribution >= 4 is 40.8 Å². The molecule has 3 aromatic rings. The first kappa shape index (κ1) is 18.5. The van der Waals surface area contributed by atoms with E-state index in [1.165, 1.54) is 18.5 Å². The van der Waals surface area contributed by atoms with Crippen LogP contribution in [0.2, 0.25) is 5.15 Å². The topological polar surface area (TPSA) is 114 Å². The number of nitrogens with two attached hydrogens (primary N) is 1. The van der Waals surface area contributed by atoms with Gasteiger partial charge < -0.3 is 16.0 Å². The number of aromatic amines is 1. The van der Waals surface area contributed by atoms with Gasteiger partial charge in [-0.2, -0.15) is 0 Å². The second kappa shape index (κ2) is 7.55. The molecule has 9 heteroatoms. The van der Waals surface area contributed by atoms with Gasteiger partial charge in [0.2, 0.25) is 5.91 Å². The van der Waals surface area contributed by atoms with Crippen molar-refractivity contribution in [3.8, 4) is 0 Å². The molecule has 0 atom stereocenters.